The van der Waals surface area contributed by atoms with E-state index in [0.29, 0.717) is 12.2 Å². The van der Waals surface area contributed by atoms with Crippen LogP contribution in [0.2, 0.25) is 0 Å². The van der Waals surface area contributed by atoms with Crippen LogP contribution in [0.5, 0.6) is 5.75 Å². The van der Waals surface area contributed by atoms with E-state index in [1.165, 1.54) is 19.3 Å². The minimum Gasteiger partial charge on any atom is -0.455 e. The monoisotopic (exact) mass is 536 g/mol. The van der Waals surface area contributed by atoms with Crippen LogP contribution in [0.1, 0.15) is 58.3 Å². The van der Waals surface area contributed by atoms with Gasteiger partial charge in [-0.25, -0.2) is 24.9 Å². The van der Waals surface area contributed by atoms with E-state index in [1.807, 2.05) is 6.07 Å². The van der Waals surface area contributed by atoms with Crippen LogP contribution in [0.4, 0.5) is 0 Å². The van der Waals surface area contributed by atoms with Crippen LogP contribution in [0.15, 0.2) is 55.6 Å². The number of hydrogen-bond acceptors (Lipinski definition) is 6. The average Bonchev–Trinajstić information content (AvgIpc) is 2.91. The molecule has 1 atom stereocenters. The Kier molecular flexibility index (Phi) is 31.9. The maximum atomic E-state index is 11.6. The molecule has 1 unspecified atom stereocenters. The second-order valence-corrected chi connectivity index (χ2v) is 7.31. The quantitative estimate of drug-likeness (QED) is 0.0631. The Balaban J connectivity index is -0.00000119. The Hall–Kier alpha value is -2.72. The summed E-state index contributed by atoms with van der Waals surface area (Å²) < 4.78 is 11.2. The van der Waals surface area contributed by atoms with Gasteiger partial charge >= 0.3 is 11.9 Å². The van der Waals surface area contributed by atoms with E-state index in [1.54, 1.807) is 24.3 Å². The van der Waals surface area contributed by atoms with Crippen molar-refractivity contribution < 1.29 is 44.2 Å². The third-order valence-corrected chi connectivity index (χ3v) is 4.25. The first kappa shape index (κ1) is 39.8. The zero-order valence-corrected chi connectivity index (χ0v) is 22.7. The minimum absolute atomic E-state index is 0.250. The highest BCUT2D eigenvalue weighted by Crippen LogP contribution is 2.27. The molecule has 0 heterocycles. The van der Waals surface area contributed by atoms with Crippen molar-refractivity contribution in [3.05, 3.63) is 76.4 Å². The number of benzene rings is 1. The summed E-state index contributed by atoms with van der Waals surface area (Å²) in [5, 5.41) is 26.5. The Morgan fingerprint density at radius 2 is 1.26 bits per heavy atom. The van der Waals surface area contributed by atoms with Gasteiger partial charge in [0.05, 0.1) is 19.8 Å². The first-order valence-electron chi connectivity index (χ1n) is 12.5. The fraction of sp³-hybridized carbons (Fsp3) is 0.483. The van der Waals surface area contributed by atoms with Gasteiger partial charge in [-0.3, -0.25) is 4.89 Å². The molecule has 0 amide bonds. The van der Waals surface area contributed by atoms with Gasteiger partial charge in [-0.05, 0) is 39.3 Å². The number of para-hydroxylation sites is 1. The highest BCUT2D eigenvalue weighted by Gasteiger charge is 2.38. The summed E-state index contributed by atoms with van der Waals surface area (Å²) in [7, 11) is 0. The van der Waals surface area contributed by atoms with E-state index < -0.39 is 17.7 Å². The highest BCUT2D eigenvalue weighted by molar-refractivity contribution is 5.81. The van der Waals surface area contributed by atoms with Gasteiger partial charge in [0.2, 0.25) is 0 Å². The molecule has 1 aromatic carbocycles. The Morgan fingerprint density at radius 3 is 1.74 bits per heavy atom. The first-order chi connectivity index (χ1) is 18.3. The number of esters is 1. The fourth-order valence-corrected chi connectivity index (χ4v) is 2.68. The lowest BCUT2D eigenvalue weighted by Crippen LogP contribution is -2.45. The fourth-order valence-electron chi connectivity index (χ4n) is 2.68. The molecule has 214 valence electrons. The first-order valence-corrected chi connectivity index (χ1v) is 12.5. The van der Waals surface area contributed by atoms with Gasteiger partial charge in [-0.2, -0.15) is 0 Å². The Labute approximate surface area is 229 Å². The van der Waals surface area contributed by atoms with Crippen LogP contribution in [0.25, 0.3) is 0 Å². The van der Waals surface area contributed by atoms with Crippen molar-refractivity contribution in [2.75, 3.05) is 26.4 Å². The number of carbonyl (C=O) groups excluding carboxylic acids is 2. The van der Waals surface area contributed by atoms with Crippen LogP contribution in [-0.2, 0) is 39.4 Å². The van der Waals surface area contributed by atoms with Gasteiger partial charge in [-0.15, -0.1) is 4.89 Å². The molecule has 0 spiro atoms. The lowest BCUT2D eigenvalue weighted by atomic mass is 10.0. The molecule has 0 aromatic heterocycles. The molecule has 0 aliphatic carbocycles. The molecule has 38 heavy (non-hydrogen) atoms. The highest BCUT2D eigenvalue weighted by atomic mass is 17.2. The summed E-state index contributed by atoms with van der Waals surface area (Å²) in [5.74, 6) is -2.35. The normalized spacial score (nSPS) is 10.9. The molecule has 9 nitrogen and oxygen atoms in total. The SMILES string of the molecule is C=CC(=O)OCC(CCCCCCCCC)(OOC(=O)C=C)Oc1ccccc1.[CH2]C[O].[CH2]C[O].[CH2]C[O]. The summed E-state index contributed by atoms with van der Waals surface area (Å²) in [4.78, 5) is 33.3. The van der Waals surface area contributed by atoms with Gasteiger partial charge in [-0.1, -0.05) is 76.8 Å². The van der Waals surface area contributed by atoms with Crippen LogP contribution in [0.3, 0.4) is 0 Å². The number of rotatable bonds is 16. The molecule has 0 fully saturated rings. The molecule has 1 rings (SSSR count). The van der Waals surface area contributed by atoms with E-state index in [4.69, 9.17) is 34.6 Å². The summed E-state index contributed by atoms with van der Waals surface area (Å²) in [6.45, 7) is 16.7. The second-order valence-electron chi connectivity index (χ2n) is 7.31. The number of unbranched alkanes of at least 4 members (excludes halogenated alkanes) is 6. The largest absolute Gasteiger partial charge is 0.455 e. The number of hydrogen-bond donors (Lipinski definition) is 0. The van der Waals surface area contributed by atoms with Crippen molar-refractivity contribution in [3.8, 4) is 5.75 Å². The molecule has 1 aromatic rings. The van der Waals surface area contributed by atoms with Crippen LogP contribution in [0, 0.1) is 20.8 Å². The second kappa shape index (κ2) is 30.5. The van der Waals surface area contributed by atoms with E-state index in [9.17, 15) is 9.59 Å². The summed E-state index contributed by atoms with van der Waals surface area (Å²) >= 11 is 0. The van der Waals surface area contributed by atoms with Gasteiger partial charge in [0.1, 0.15) is 5.75 Å². The van der Waals surface area contributed by atoms with Crippen molar-refractivity contribution in [1.82, 2.24) is 0 Å². The standard InChI is InChI=1S/C23H32O6.3C2H4O/c1-4-7-8-9-10-11-15-18-23(19-26-21(24)5-2,29-28-22(25)6-3)27-20-16-13-12-14-17-20;3*1-2-3/h5-6,12-14,16-17H,2-4,7-11,15,18-19H2,1H3;3*1-2H2. The molecule has 0 bridgehead atoms. The van der Waals surface area contributed by atoms with Crippen molar-refractivity contribution >= 4 is 11.9 Å². The topological polar surface area (TPSA) is 131 Å². The lowest BCUT2D eigenvalue weighted by Gasteiger charge is -2.31. The summed E-state index contributed by atoms with van der Waals surface area (Å²) in [5.41, 5.74) is 0. The third-order valence-electron chi connectivity index (χ3n) is 4.25. The van der Waals surface area contributed by atoms with Crippen molar-refractivity contribution in [1.29, 1.82) is 0 Å². The third kappa shape index (κ3) is 26.3. The van der Waals surface area contributed by atoms with Crippen molar-refractivity contribution in [3.63, 3.8) is 0 Å². The van der Waals surface area contributed by atoms with E-state index in [0.717, 1.165) is 37.8 Å². The summed E-state index contributed by atoms with van der Waals surface area (Å²) in [6.07, 6.45) is 10.0. The molecular formula is C29H44O9. The van der Waals surface area contributed by atoms with E-state index >= 15 is 0 Å². The van der Waals surface area contributed by atoms with Crippen molar-refractivity contribution in [2.24, 2.45) is 0 Å². The molecule has 0 N–H and O–H groups in total. The molecule has 9 heteroatoms. The van der Waals surface area contributed by atoms with E-state index in [2.05, 4.69) is 40.9 Å². The molecule has 0 saturated heterocycles. The summed E-state index contributed by atoms with van der Waals surface area (Å²) in [6, 6.07) is 8.95. The van der Waals surface area contributed by atoms with Gasteiger partial charge in [0, 0.05) is 18.6 Å². The maximum absolute atomic E-state index is 11.6. The van der Waals surface area contributed by atoms with Crippen LogP contribution >= 0.6 is 0 Å². The number of ether oxygens (including phenoxy) is 2. The predicted octanol–water partition coefficient (Wildman–Crippen LogP) is 6.05. The predicted molar refractivity (Wildman–Crippen MR) is 144 cm³/mol. The minimum atomic E-state index is -1.47. The zero-order valence-electron chi connectivity index (χ0n) is 22.7. The van der Waals surface area contributed by atoms with Crippen LogP contribution < -0.4 is 4.74 Å². The zero-order chi connectivity index (χ0) is 29.5. The smallest absolute Gasteiger partial charge is 0.365 e. The molecule has 0 saturated carbocycles. The maximum Gasteiger partial charge on any atom is 0.365 e. The van der Waals surface area contributed by atoms with Gasteiger partial charge in [0.15, 0.2) is 6.61 Å². The number of carbonyl (C=O) groups is 2. The molecule has 0 aliphatic heterocycles. The molecular weight excluding hydrogens is 492 g/mol. The van der Waals surface area contributed by atoms with Crippen LogP contribution in [-0.4, -0.2) is 44.2 Å². The Morgan fingerprint density at radius 1 is 0.789 bits per heavy atom. The molecule has 6 radical (unpaired) electrons. The van der Waals surface area contributed by atoms with Gasteiger partial charge < -0.3 is 9.47 Å². The average molecular weight is 537 g/mol. The Bertz CT molecular complexity index is 649. The van der Waals surface area contributed by atoms with Gasteiger partial charge in [0.25, 0.3) is 5.79 Å². The van der Waals surface area contributed by atoms with E-state index in [-0.39, 0.29) is 26.4 Å². The van der Waals surface area contributed by atoms with Crippen molar-refractivity contribution in [2.45, 2.75) is 64.1 Å². The molecule has 0 aliphatic rings. The lowest BCUT2D eigenvalue weighted by molar-refractivity contribution is -0.390.